The van der Waals surface area contributed by atoms with E-state index in [4.69, 9.17) is 29.8 Å². The minimum absolute atomic E-state index is 0. The molecule has 8 rings (SSSR count). The van der Waals surface area contributed by atoms with Crippen LogP contribution < -0.4 is 30.3 Å². The molecule has 0 fully saturated rings. The second-order valence-electron chi connectivity index (χ2n) is 21.3. The van der Waals surface area contributed by atoms with Crippen LogP contribution in [0.5, 0.6) is 11.5 Å². The summed E-state index contributed by atoms with van der Waals surface area (Å²) in [5, 5.41) is 11.4. The van der Waals surface area contributed by atoms with E-state index in [1.807, 2.05) is 0 Å². The van der Waals surface area contributed by atoms with Gasteiger partial charge in [0.2, 0.25) is 11.8 Å². The van der Waals surface area contributed by atoms with Crippen LogP contribution in [0.15, 0.2) is 133 Å². The number of aliphatic carboxylic acids is 1. The monoisotopic (exact) mass is 1160 g/mol. The van der Waals surface area contributed by atoms with Crippen LogP contribution in [0.2, 0.25) is 0 Å². The first-order valence-corrected chi connectivity index (χ1v) is 25.9. The molecule has 0 bridgehead atoms. The molecule has 4 N–H and O–H groups in total. The van der Waals surface area contributed by atoms with E-state index in [-0.39, 0.29) is 43.3 Å². The zero-order valence-corrected chi connectivity index (χ0v) is 46.6. The molecule has 2 aliphatic rings. The molecule has 14 nitrogen and oxygen atoms in total. The number of alkyl halides is 6. The molecule has 82 heavy (non-hydrogen) atoms. The van der Waals surface area contributed by atoms with Crippen molar-refractivity contribution in [2.24, 2.45) is 5.73 Å². The van der Waals surface area contributed by atoms with Gasteiger partial charge in [-0.2, -0.15) is 26.3 Å². The average molecular weight is 1160 g/mol. The third kappa shape index (κ3) is 17.0. The van der Waals surface area contributed by atoms with Crippen LogP contribution in [0.25, 0.3) is 22.3 Å². The Balaban J connectivity index is 0.000000270. The number of fused-ring (bicyclic) bond motifs is 2. The van der Waals surface area contributed by atoms with Crippen LogP contribution >= 0.6 is 12.4 Å². The van der Waals surface area contributed by atoms with Crippen molar-refractivity contribution in [2.45, 2.75) is 116 Å². The third-order valence-electron chi connectivity index (χ3n) is 12.7. The van der Waals surface area contributed by atoms with Crippen molar-refractivity contribution in [2.75, 3.05) is 22.9 Å². The summed E-state index contributed by atoms with van der Waals surface area (Å²) < 4.78 is 105. The number of nitrogens with zero attached hydrogens (tertiary/aromatic N) is 2. The fourth-order valence-electron chi connectivity index (χ4n) is 9.16. The largest absolute Gasteiger partial charge is 0.489 e. The molecule has 436 valence electrons. The first kappa shape index (κ1) is 63.1. The van der Waals surface area contributed by atoms with Crippen molar-refractivity contribution in [1.29, 1.82) is 0 Å². The van der Waals surface area contributed by atoms with Gasteiger partial charge in [0, 0.05) is 24.5 Å². The van der Waals surface area contributed by atoms with Gasteiger partial charge in [0.25, 0.3) is 0 Å². The lowest BCUT2D eigenvalue weighted by Gasteiger charge is -2.27. The van der Waals surface area contributed by atoms with Gasteiger partial charge in [-0.3, -0.25) is 19.2 Å². The maximum Gasteiger partial charge on any atom is 0.417 e. The van der Waals surface area contributed by atoms with Gasteiger partial charge in [-0.25, -0.2) is 4.79 Å². The van der Waals surface area contributed by atoms with Crippen LogP contribution in [0.3, 0.4) is 0 Å². The molecule has 3 amide bonds. The molecule has 0 unspecified atom stereocenters. The second-order valence-corrected chi connectivity index (χ2v) is 21.3. The van der Waals surface area contributed by atoms with Crippen LogP contribution in [-0.2, 0) is 67.1 Å². The summed E-state index contributed by atoms with van der Waals surface area (Å²) in [6, 6.07) is 32.7. The van der Waals surface area contributed by atoms with Crippen LogP contribution in [0, 0.1) is 0 Å². The van der Waals surface area contributed by atoms with Crippen molar-refractivity contribution in [1.82, 2.24) is 5.32 Å². The predicted molar refractivity (Wildman–Crippen MR) is 299 cm³/mol. The topological polar surface area (TPSA) is 187 Å². The Kier molecular flexibility index (Phi) is 20.2. The highest BCUT2D eigenvalue weighted by Gasteiger charge is 2.38. The van der Waals surface area contributed by atoms with Gasteiger partial charge in [-0.1, -0.05) is 84.9 Å². The molecule has 0 aliphatic carbocycles. The molecule has 21 heteroatoms. The highest BCUT2D eigenvalue weighted by Crippen LogP contribution is 2.40. The summed E-state index contributed by atoms with van der Waals surface area (Å²) in [7, 11) is 0. The number of halogens is 7. The quantitative estimate of drug-likeness (QED) is 0.0656. The third-order valence-corrected chi connectivity index (χ3v) is 12.7. The van der Waals surface area contributed by atoms with Gasteiger partial charge < -0.3 is 44.9 Å². The fraction of sp³-hybridized carbons (Fsp3) is 0.328. The molecule has 0 saturated heterocycles. The number of nitrogens with two attached hydrogens (primary N) is 1. The molecule has 2 heterocycles. The molecule has 0 spiro atoms. The normalized spacial score (nSPS) is 13.7. The maximum absolute atomic E-state index is 13.9. The number of benzene rings is 6. The van der Waals surface area contributed by atoms with Crippen LogP contribution in [0.4, 0.5) is 42.5 Å². The van der Waals surface area contributed by atoms with Crippen molar-refractivity contribution >= 4 is 53.6 Å². The van der Waals surface area contributed by atoms with E-state index in [0.717, 1.165) is 23.3 Å². The summed E-state index contributed by atoms with van der Waals surface area (Å²) in [4.78, 5) is 65.1. The Hall–Kier alpha value is -8.10. The number of anilines is 2. The van der Waals surface area contributed by atoms with Crippen LogP contribution in [-0.4, -0.2) is 71.3 Å². The summed E-state index contributed by atoms with van der Waals surface area (Å²) in [6.45, 7) is 10.6. The summed E-state index contributed by atoms with van der Waals surface area (Å²) >= 11 is 0. The molecule has 0 aromatic heterocycles. The molecule has 6 aromatic carbocycles. The summed E-state index contributed by atoms with van der Waals surface area (Å²) in [5.74, 6) is -1.92. The first-order valence-electron chi connectivity index (χ1n) is 25.9. The molecule has 2 aliphatic heterocycles. The molecule has 6 aromatic rings. The number of hydrogen-bond acceptors (Lipinski definition) is 10. The molecular weight excluding hydrogens is 1100 g/mol. The van der Waals surface area contributed by atoms with Gasteiger partial charge >= 0.3 is 30.4 Å². The summed E-state index contributed by atoms with van der Waals surface area (Å²) in [5.41, 5.74) is 7.26. The lowest BCUT2D eigenvalue weighted by atomic mass is 9.97. The molecule has 2 atom stereocenters. The van der Waals surface area contributed by atoms with Crippen molar-refractivity contribution in [3.63, 3.8) is 0 Å². The van der Waals surface area contributed by atoms with Gasteiger partial charge in [-0.15, -0.1) is 12.4 Å². The minimum Gasteiger partial charge on any atom is -0.489 e. The van der Waals surface area contributed by atoms with Gasteiger partial charge in [0.05, 0.1) is 30.0 Å². The Morgan fingerprint density at radius 2 is 1.00 bits per heavy atom. The first-order chi connectivity index (χ1) is 38.0. The molecule has 0 radical (unpaired) electrons. The SMILES string of the molecule is CC(C)(C)OC(=O)C[C@@H](NC(=O)OC(C)(C)C)C(=O)N1CCc2cc(OCc3ccc(-c4ccccc4)c(C(F)(F)F)c3)ccc21.Cl.N[C@H](CC(=O)O)C(=O)N1CCc2cc(OCc3ccc(-c4ccccc4)c(C(F)(F)F)c3)ccc21. The van der Waals surface area contributed by atoms with Gasteiger partial charge in [0.1, 0.15) is 42.0 Å². The lowest BCUT2D eigenvalue weighted by molar-refractivity contribution is -0.156. The Morgan fingerprint density at radius 3 is 1.40 bits per heavy atom. The van der Waals surface area contributed by atoms with E-state index in [1.165, 1.54) is 21.9 Å². The molecular formula is C61H63ClF6N4O10. The van der Waals surface area contributed by atoms with Crippen molar-refractivity contribution in [3.8, 4) is 33.8 Å². The number of carbonyl (C=O) groups is 5. The fourth-order valence-corrected chi connectivity index (χ4v) is 9.16. The Bertz CT molecular complexity index is 3230. The minimum atomic E-state index is -4.55. The van der Waals surface area contributed by atoms with E-state index in [9.17, 15) is 50.3 Å². The number of carbonyl (C=O) groups excluding carboxylic acids is 4. The number of carboxylic acids is 1. The number of alkyl carbamates (subject to hydrolysis) is 1. The zero-order chi connectivity index (χ0) is 59.0. The van der Waals surface area contributed by atoms with E-state index in [0.29, 0.717) is 64.5 Å². The number of hydrogen-bond donors (Lipinski definition) is 3. The van der Waals surface area contributed by atoms with Gasteiger partial charge in [0.15, 0.2) is 0 Å². The summed E-state index contributed by atoms with van der Waals surface area (Å²) in [6.07, 6.45) is -9.78. The predicted octanol–water partition coefficient (Wildman–Crippen LogP) is 12.5. The smallest absolute Gasteiger partial charge is 0.417 e. The second kappa shape index (κ2) is 26.2. The van der Waals surface area contributed by atoms with E-state index in [2.05, 4.69) is 5.32 Å². The Morgan fingerprint density at radius 1 is 0.573 bits per heavy atom. The zero-order valence-electron chi connectivity index (χ0n) is 45.8. The maximum atomic E-state index is 13.9. The number of amides is 3. The van der Waals surface area contributed by atoms with E-state index < -0.39 is 89.5 Å². The van der Waals surface area contributed by atoms with E-state index >= 15 is 0 Å². The number of rotatable bonds is 15. The highest BCUT2D eigenvalue weighted by atomic mass is 35.5. The van der Waals surface area contributed by atoms with Crippen molar-refractivity contribution in [3.05, 3.63) is 167 Å². The number of carboxylic acid groups (broad SMARTS) is 1. The van der Waals surface area contributed by atoms with E-state index in [1.54, 1.807) is 151 Å². The number of nitrogens with one attached hydrogen (secondary N) is 1. The van der Waals surface area contributed by atoms with Crippen molar-refractivity contribution < 1.29 is 74.4 Å². The number of esters is 1. The lowest BCUT2D eigenvalue weighted by Crippen LogP contribution is -2.50. The Labute approximate surface area is 476 Å². The van der Waals surface area contributed by atoms with Crippen LogP contribution in [0.1, 0.15) is 87.8 Å². The average Bonchev–Trinajstić information content (AvgIpc) is 4.19. The molecule has 0 saturated carbocycles. The van der Waals surface area contributed by atoms with Gasteiger partial charge in [-0.05, 0) is 147 Å². The highest BCUT2D eigenvalue weighted by molar-refractivity contribution is 6.02. The standard InChI is InChI=1S/C35H39F3N2O6.C26H23F3N2O4.ClH/c1-33(2,3)45-30(41)20-28(39-32(43)46-34(4,5)6)31(42)40-17-16-24-19-25(13-15-29(24)40)44-21-22-12-14-26(23-10-8-7-9-11-23)27(18-22)35(36,37)38;27-26(28,29)21-12-16(6-8-20(21)17-4-2-1-3-5-17)15-35-19-7-9-23-18(13-19)10-11-31(23)25(34)22(30)14-24(32)33;/h7-15,18-19,28H,16-17,20-21H2,1-6H3,(H,39,43);1-9,12-13,22H,10-11,14-15,30H2,(H,32,33);1H/t28-;22-;/m11./s1. The number of ether oxygens (including phenoxy) is 4.